The number of aliphatic carboxylic acids is 1. The first-order chi connectivity index (χ1) is 12.1. The molecule has 2 atom stereocenters. The van der Waals surface area contributed by atoms with E-state index in [9.17, 15) is 14.4 Å². The van der Waals surface area contributed by atoms with Gasteiger partial charge in [0.1, 0.15) is 12.1 Å². The van der Waals surface area contributed by atoms with E-state index in [1.165, 1.54) is 0 Å². The van der Waals surface area contributed by atoms with Crippen molar-refractivity contribution in [2.45, 2.75) is 52.1 Å². The Kier molecular flexibility index (Phi) is 8.41. The smallest absolute Gasteiger partial charge is 0.331 e. The highest BCUT2D eigenvalue weighted by molar-refractivity contribution is 5.96. The van der Waals surface area contributed by atoms with Gasteiger partial charge in [-0.15, -0.1) is 0 Å². The Morgan fingerprint density at radius 1 is 1.31 bits per heavy atom. The fraction of sp³-hybridized carbons (Fsp3) is 0.526. The van der Waals surface area contributed by atoms with Crippen LogP contribution in [-0.4, -0.2) is 41.6 Å². The number of carbonyl (C=O) groups excluding carboxylic acids is 2. The summed E-state index contributed by atoms with van der Waals surface area (Å²) in [5, 5.41) is 11.5. The number of ether oxygens (including phenoxy) is 1. The Labute approximate surface area is 153 Å². The summed E-state index contributed by atoms with van der Waals surface area (Å²) in [4.78, 5) is 32.2. The van der Waals surface area contributed by atoms with Gasteiger partial charge in [-0.2, -0.15) is 0 Å². The fourth-order valence-corrected chi connectivity index (χ4v) is 2.21. The first-order valence-electron chi connectivity index (χ1n) is 8.58. The van der Waals surface area contributed by atoms with Gasteiger partial charge in [-0.3, -0.25) is 9.59 Å². The highest BCUT2D eigenvalue weighted by atomic mass is 16.6. The van der Waals surface area contributed by atoms with Crippen molar-refractivity contribution in [1.82, 2.24) is 5.32 Å². The van der Waals surface area contributed by atoms with Gasteiger partial charge in [-0.1, -0.05) is 51.1 Å². The van der Waals surface area contributed by atoms with Crippen molar-refractivity contribution in [3.8, 4) is 0 Å². The van der Waals surface area contributed by atoms with E-state index in [0.29, 0.717) is 6.42 Å². The average molecular weight is 364 g/mol. The Bertz CT molecular complexity index is 610. The van der Waals surface area contributed by atoms with Gasteiger partial charge in [0.2, 0.25) is 0 Å². The molecule has 0 aliphatic carbocycles. The molecule has 0 bridgehead atoms. The molecule has 0 unspecified atom stereocenters. The number of benzene rings is 1. The van der Waals surface area contributed by atoms with Crippen LogP contribution < -0.4 is 11.1 Å². The maximum Gasteiger partial charge on any atom is 0.331 e. The highest BCUT2D eigenvalue weighted by Gasteiger charge is 2.32. The Morgan fingerprint density at radius 2 is 1.92 bits per heavy atom. The molecule has 1 aromatic rings. The summed E-state index contributed by atoms with van der Waals surface area (Å²) >= 11 is 0. The number of nitrogens with two attached hydrogens (primary N) is 1. The second kappa shape index (κ2) is 10.0. The third-order valence-corrected chi connectivity index (χ3v) is 3.75. The molecule has 0 saturated carbocycles. The zero-order chi connectivity index (χ0) is 19.7. The lowest BCUT2D eigenvalue weighted by Gasteiger charge is -2.18. The summed E-state index contributed by atoms with van der Waals surface area (Å²) in [6.07, 6.45) is 1.52. The molecule has 0 aromatic heterocycles. The largest absolute Gasteiger partial charge is 0.480 e. The minimum Gasteiger partial charge on any atom is -0.480 e. The molecule has 1 saturated heterocycles. The summed E-state index contributed by atoms with van der Waals surface area (Å²) < 4.78 is 4.42. The van der Waals surface area contributed by atoms with E-state index in [0.717, 1.165) is 18.5 Å². The number of rotatable bonds is 6. The van der Waals surface area contributed by atoms with Crippen LogP contribution in [0.2, 0.25) is 0 Å². The molecule has 0 amide bonds. The summed E-state index contributed by atoms with van der Waals surface area (Å²) in [5.41, 5.74) is 6.54. The zero-order valence-corrected chi connectivity index (χ0v) is 15.5. The van der Waals surface area contributed by atoms with E-state index >= 15 is 0 Å². The fourth-order valence-electron chi connectivity index (χ4n) is 2.21. The molecule has 1 aliphatic rings. The molecule has 7 nitrogen and oxygen atoms in total. The van der Waals surface area contributed by atoms with Crippen molar-refractivity contribution in [1.29, 1.82) is 0 Å². The highest BCUT2D eigenvalue weighted by Crippen LogP contribution is 2.17. The van der Waals surface area contributed by atoms with Crippen molar-refractivity contribution in [2.75, 3.05) is 6.54 Å². The van der Waals surface area contributed by atoms with Crippen LogP contribution >= 0.6 is 0 Å². The second-order valence-electron chi connectivity index (χ2n) is 7.45. The summed E-state index contributed by atoms with van der Waals surface area (Å²) in [7, 11) is 0. The average Bonchev–Trinajstić information content (AvgIpc) is 2.85. The summed E-state index contributed by atoms with van der Waals surface area (Å²) in [6.45, 7) is 7.13. The molecule has 1 fully saturated rings. The lowest BCUT2D eigenvalue weighted by molar-refractivity contribution is -0.152. The normalized spacial score (nSPS) is 17.9. The van der Waals surface area contributed by atoms with E-state index in [2.05, 4.69) is 30.8 Å². The van der Waals surface area contributed by atoms with Crippen LogP contribution in [0.25, 0.3) is 0 Å². The number of carbonyl (C=O) groups is 3. The van der Waals surface area contributed by atoms with Gasteiger partial charge in [0.05, 0.1) is 6.42 Å². The van der Waals surface area contributed by atoms with Gasteiger partial charge in [-0.25, -0.2) is 4.79 Å². The van der Waals surface area contributed by atoms with Crippen molar-refractivity contribution >= 4 is 17.9 Å². The number of carboxylic acids is 1. The first kappa shape index (κ1) is 21.8. The molecule has 0 radical (unpaired) electrons. The Balaban J connectivity index is 0.000000263. The van der Waals surface area contributed by atoms with E-state index in [4.69, 9.17) is 10.8 Å². The first-order valence-corrected chi connectivity index (χ1v) is 8.58. The van der Waals surface area contributed by atoms with Crippen LogP contribution in [0.3, 0.4) is 0 Å². The lowest BCUT2D eigenvalue weighted by atomic mass is 9.92. The van der Waals surface area contributed by atoms with Crippen LogP contribution in [0.4, 0.5) is 0 Å². The summed E-state index contributed by atoms with van der Waals surface area (Å²) in [6, 6.07) is 8.12. The minimum atomic E-state index is -0.959. The van der Waals surface area contributed by atoms with Crippen LogP contribution in [-0.2, 0) is 25.5 Å². The lowest BCUT2D eigenvalue weighted by Crippen LogP contribution is -2.35. The molecule has 1 aromatic carbocycles. The van der Waals surface area contributed by atoms with Gasteiger partial charge in [0.25, 0.3) is 0 Å². The molecule has 7 heteroatoms. The molecule has 144 valence electrons. The zero-order valence-electron chi connectivity index (χ0n) is 15.5. The predicted molar refractivity (Wildman–Crippen MR) is 97.3 cm³/mol. The topological polar surface area (TPSA) is 119 Å². The molecule has 2 rings (SSSR count). The minimum absolute atomic E-state index is 0.170. The third-order valence-electron chi connectivity index (χ3n) is 3.75. The van der Waals surface area contributed by atoms with E-state index in [-0.39, 0.29) is 11.8 Å². The van der Waals surface area contributed by atoms with Crippen LogP contribution in [0, 0.1) is 5.41 Å². The maximum absolute atomic E-state index is 11.0. The number of hydrogen-bond donors (Lipinski definition) is 3. The molecule has 4 N–H and O–H groups in total. The number of hydrogen-bond acceptors (Lipinski definition) is 6. The van der Waals surface area contributed by atoms with Gasteiger partial charge in [0, 0.05) is 0 Å². The van der Waals surface area contributed by atoms with E-state index in [1.807, 2.05) is 30.3 Å². The SMILES string of the molecule is CC(C)(C)CCN[C@H]1CC(=O)OC1=O.N[C@@H](Cc1ccccc1)C(=O)O. The third kappa shape index (κ3) is 8.73. The number of esters is 2. The number of cyclic esters (lactones) is 2. The van der Waals surface area contributed by atoms with E-state index < -0.39 is 30.0 Å². The van der Waals surface area contributed by atoms with Gasteiger partial charge >= 0.3 is 17.9 Å². The summed E-state index contributed by atoms with van der Waals surface area (Å²) in [5.74, 6) is -1.83. The van der Waals surface area contributed by atoms with Crippen molar-refractivity contribution < 1.29 is 24.2 Å². The monoisotopic (exact) mass is 364 g/mol. The van der Waals surface area contributed by atoms with Crippen LogP contribution in [0.5, 0.6) is 0 Å². The molecule has 26 heavy (non-hydrogen) atoms. The van der Waals surface area contributed by atoms with Gasteiger partial charge in [-0.05, 0) is 30.4 Å². The Morgan fingerprint density at radius 3 is 2.38 bits per heavy atom. The van der Waals surface area contributed by atoms with Crippen molar-refractivity contribution in [3.63, 3.8) is 0 Å². The number of carboxylic acid groups (broad SMARTS) is 1. The maximum atomic E-state index is 11.0. The van der Waals surface area contributed by atoms with Crippen LogP contribution in [0.15, 0.2) is 30.3 Å². The second-order valence-corrected chi connectivity index (χ2v) is 7.45. The van der Waals surface area contributed by atoms with E-state index in [1.54, 1.807) is 0 Å². The van der Waals surface area contributed by atoms with Gasteiger partial charge < -0.3 is 20.9 Å². The quantitative estimate of drug-likeness (QED) is 0.517. The van der Waals surface area contributed by atoms with Crippen molar-refractivity contribution in [2.24, 2.45) is 11.1 Å². The standard InChI is InChI=1S/C10H17NO3.C9H11NO2/c1-10(2,3)4-5-11-7-6-8(12)14-9(7)13;10-8(9(11)12)6-7-4-2-1-3-5-7/h7,11H,4-6H2,1-3H3;1-5,8H,6,10H2,(H,11,12)/t7-;8-/m00/s1. The predicted octanol–water partition coefficient (Wildman–Crippen LogP) is 1.50. The Hall–Kier alpha value is -2.25. The molecular formula is C19H28N2O5. The molecular weight excluding hydrogens is 336 g/mol. The van der Waals surface area contributed by atoms with Crippen LogP contribution in [0.1, 0.15) is 39.2 Å². The molecule has 1 heterocycles. The number of nitrogens with one attached hydrogen (secondary N) is 1. The van der Waals surface area contributed by atoms with Crippen molar-refractivity contribution in [3.05, 3.63) is 35.9 Å². The molecule has 1 aliphatic heterocycles. The molecule has 0 spiro atoms. The van der Waals surface area contributed by atoms with Gasteiger partial charge in [0.15, 0.2) is 0 Å².